The summed E-state index contributed by atoms with van der Waals surface area (Å²) in [4.78, 5) is 11.1. The molecule has 0 aliphatic heterocycles. The number of nitrogens with two attached hydrogens (primary N) is 1. The van der Waals surface area contributed by atoms with Crippen molar-refractivity contribution in [1.29, 1.82) is 0 Å². The molecule has 20 heavy (non-hydrogen) atoms. The Hall–Kier alpha value is -2.33. The van der Waals surface area contributed by atoms with Gasteiger partial charge in [0.25, 0.3) is 0 Å². The van der Waals surface area contributed by atoms with Crippen molar-refractivity contribution >= 4 is 28.4 Å². The largest absolute Gasteiger partial charge is 0.369 e. The summed E-state index contributed by atoms with van der Waals surface area (Å²) in [6.07, 6.45) is 2.11. The molecule has 100 valence electrons. The van der Waals surface area contributed by atoms with Gasteiger partial charge in [-0.05, 0) is 29.8 Å². The van der Waals surface area contributed by atoms with Crippen molar-refractivity contribution in [3.63, 3.8) is 0 Å². The third kappa shape index (κ3) is 2.38. The Balaban J connectivity index is 2.10. The van der Waals surface area contributed by atoms with Gasteiger partial charge in [0.2, 0.25) is 5.91 Å². The van der Waals surface area contributed by atoms with E-state index in [1.54, 1.807) is 4.68 Å². The van der Waals surface area contributed by atoms with Gasteiger partial charge >= 0.3 is 0 Å². The SMILES string of the molecule is NC(=O)Cc1cccc2cn(-c3ccc(Cl)cc3)nc12. The second-order valence-corrected chi connectivity index (χ2v) is 4.98. The normalized spacial score (nSPS) is 10.8. The number of rotatable bonds is 3. The maximum absolute atomic E-state index is 11.1. The first-order chi connectivity index (χ1) is 9.63. The first kappa shape index (κ1) is 12.7. The quantitative estimate of drug-likeness (QED) is 0.804. The van der Waals surface area contributed by atoms with E-state index in [9.17, 15) is 4.79 Å². The fraction of sp³-hybridized carbons (Fsp3) is 0.0667. The van der Waals surface area contributed by atoms with E-state index < -0.39 is 0 Å². The van der Waals surface area contributed by atoms with Gasteiger partial charge < -0.3 is 5.73 Å². The first-order valence-electron chi connectivity index (χ1n) is 6.15. The first-order valence-corrected chi connectivity index (χ1v) is 6.53. The van der Waals surface area contributed by atoms with Gasteiger partial charge in [-0.3, -0.25) is 4.79 Å². The Morgan fingerprint density at radius 3 is 2.65 bits per heavy atom. The molecular weight excluding hydrogens is 274 g/mol. The highest BCUT2D eigenvalue weighted by molar-refractivity contribution is 6.30. The molecule has 0 bridgehead atoms. The summed E-state index contributed by atoms with van der Waals surface area (Å²) in [5.41, 5.74) is 7.80. The van der Waals surface area contributed by atoms with E-state index in [1.165, 1.54) is 0 Å². The van der Waals surface area contributed by atoms with Crippen molar-refractivity contribution in [2.45, 2.75) is 6.42 Å². The van der Waals surface area contributed by atoms with Gasteiger partial charge in [-0.15, -0.1) is 0 Å². The van der Waals surface area contributed by atoms with Crippen LogP contribution >= 0.6 is 11.6 Å². The highest BCUT2D eigenvalue weighted by atomic mass is 35.5. The lowest BCUT2D eigenvalue weighted by Gasteiger charge is -2.00. The molecule has 0 radical (unpaired) electrons. The maximum Gasteiger partial charge on any atom is 0.221 e. The molecule has 0 saturated heterocycles. The lowest BCUT2D eigenvalue weighted by Crippen LogP contribution is -2.13. The molecule has 0 unspecified atom stereocenters. The van der Waals surface area contributed by atoms with Crippen LogP contribution in [0.5, 0.6) is 0 Å². The third-order valence-electron chi connectivity index (χ3n) is 3.08. The van der Waals surface area contributed by atoms with Gasteiger partial charge in [0.1, 0.15) is 0 Å². The van der Waals surface area contributed by atoms with Crippen LogP contribution in [0.4, 0.5) is 0 Å². The molecule has 0 atom stereocenters. The number of halogens is 1. The number of amides is 1. The molecule has 1 heterocycles. The number of nitrogens with zero attached hydrogens (tertiary/aromatic N) is 2. The fourth-order valence-electron chi connectivity index (χ4n) is 2.16. The molecule has 0 aliphatic rings. The van der Waals surface area contributed by atoms with E-state index in [4.69, 9.17) is 17.3 Å². The minimum atomic E-state index is -0.362. The monoisotopic (exact) mass is 285 g/mol. The number of carbonyl (C=O) groups excluding carboxylic acids is 1. The van der Waals surface area contributed by atoms with Gasteiger partial charge in [0.15, 0.2) is 0 Å². The predicted molar refractivity (Wildman–Crippen MR) is 79.0 cm³/mol. The number of aromatic nitrogens is 2. The summed E-state index contributed by atoms with van der Waals surface area (Å²) in [6.45, 7) is 0. The summed E-state index contributed by atoms with van der Waals surface area (Å²) in [5.74, 6) is -0.362. The molecule has 0 fully saturated rings. The van der Waals surface area contributed by atoms with Crippen molar-refractivity contribution in [2.24, 2.45) is 5.73 Å². The van der Waals surface area contributed by atoms with Crippen LogP contribution in [0.3, 0.4) is 0 Å². The molecule has 2 N–H and O–H groups in total. The summed E-state index contributed by atoms with van der Waals surface area (Å²) in [7, 11) is 0. The van der Waals surface area contributed by atoms with E-state index >= 15 is 0 Å². The Morgan fingerprint density at radius 2 is 1.95 bits per heavy atom. The Labute approximate surface area is 120 Å². The van der Waals surface area contributed by atoms with Crippen LogP contribution in [-0.2, 0) is 11.2 Å². The average molecular weight is 286 g/mol. The van der Waals surface area contributed by atoms with Gasteiger partial charge in [-0.25, -0.2) is 4.68 Å². The minimum Gasteiger partial charge on any atom is -0.369 e. The summed E-state index contributed by atoms with van der Waals surface area (Å²) >= 11 is 5.88. The van der Waals surface area contributed by atoms with Crippen molar-refractivity contribution < 1.29 is 4.79 Å². The molecule has 3 rings (SSSR count). The molecule has 5 heteroatoms. The van der Waals surface area contributed by atoms with Crippen LogP contribution < -0.4 is 5.73 Å². The number of hydrogen-bond donors (Lipinski definition) is 1. The molecule has 3 aromatic rings. The van der Waals surface area contributed by atoms with Crippen LogP contribution in [0.1, 0.15) is 5.56 Å². The molecule has 0 aliphatic carbocycles. The van der Waals surface area contributed by atoms with Gasteiger partial charge in [0.05, 0.1) is 17.6 Å². The van der Waals surface area contributed by atoms with Crippen LogP contribution in [0, 0.1) is 0 Å². The van der Waals surface area contributed by atoms with Gasteiger partial charge in [-0.2, -0.15) is 5.10 Å². The summed E-state index contributed by atoms with van der Waals surface area (Å²) in [5, 5.41) is 6.18. The van der Waals surface area contributed by atoms with Crippen molar-refractivity contribution in [1.82, 2.24) is 9.78 Å². The zero-order chi connectivity index (χ0) is 14.1. The van der Waals surface area contributed by atoms with Crippen LogP contribution in [0.25, 0.3) is 16.6 Å². The second-order valence-electron chi connectivity index (χ2n) is 4.55. The van der Waals surface area contributed by atoms with Crippen LogP contribution in [0.2, 0.25) is 5.02 Å². The van der Waals surface area contributed by atoms with Crippen LogP contribution in [-0.4, -0.2) is 15.7 Å². The van der Waals surface area contributed by atoms with Crippen molar-refractivity contribution in [3.05, 3.63) is 59.2 Å². The molecule has 1 aromatic heterocycles. The molecule has 2 aromatic carbocycles. The van der Waals surface area contributed by atoms with Gasteiger partial charge in [-0.1, -0.05) is 29.8 Å². The Kier molecular flexibility index (Phi) is 3.16. The zero-order valence-corrected chi connectivity index (χ0v) is 11.3. The van der Waals surface area contributed by atoms with Crippen molar-refractivity contribution in [3.8, 4) is 5.69 Å². The van der Waals surface area contributed by atoms with E-state index in [0.29, 0.717) is 5.02 Å². The molecular formula is C15H12ClN3O. The lowest BCUT2D eigenvalue weighted by molar-refractivity contribution is -0.117. The third-order valence-corrected chi connectivity index (χ3v) is 3.33. The maximum atomic E-state index is 11.1. The van der Waals surface area contributed by atoms with Crippen LogP contribution in [0.15, 0.2) is 48.7 Å². The lowest BCUT2D eigenvalue weighted by atomic mass is 10.1. The van der Waals surface area contributed by atoms with Gasteiger partial charge in [0, 0.05) is 16.6 Å². The van der Waals surface area contributed by atoms with E-state index in [0.717, 1.165) is 22.2 Å². The number of fused-ring (bicyclic) bond motifs is 1. The Morgan fingerprint density at radius 1 is 1.20 bits per heavy atom. The summed E-state index contributed by atoms with van der Waals surface area (Å²) < 4.78 is 1.77. The highest BCUT2D eigenvalue weighted by Crippen LogP contribution is 2.20. The van der Waals surface area contributed by atoms with E-state index in [1.807, 2.05) is 48.7 Å². The zero-order valence-electron chi connectivity index (χ0n) is 10.6. The standard InChI is InChI=1S/C15H12ClN3O/c16-12-4-6-13(7-5-12)19-9-11-3-1-2-10(8-14(17)20)15(11)18-19/h1-7,9H,8H2,(H2,17,20). The highest BCUT2D eigenvalue weighted by Gasteiger charge is 2.09. The topological polar surface area (TPSA) is 60.9 Å². The Bertz CT molecular complexity index is 777. The second kappa shape index (κ2) is 4.98. The summed E-state index contributed by atoms with van der Waals surface area (Å²) in [6, 6.07) is 13.1. The smallest absolute Gasteiger partial charge is 0.221 e. The molecule has 1 amide bonds. The number of benzene rings is 2. The van der Waals surface area contributed by atoms with E-state index in [2.05, 4.69) is 5.10 Å². The van der Waals surface area contributed by atoms with Crippen molar-refractivity contribution in [2.75, 3.05) is 0 Å². The molecule has 0 spiro atoms. The number of hydrogen-bond acceptors (Lipinski definition) is 2. The predicted octanol–water partition coefficient (Wildman–Crippen LogP) is 2.71. The fourth-order valence-corrected chi connectivity index (χ4v) is 2.29. The number of carbonyl (C=O) groups is 1. The minimum absolute atomic E-state index is 0.189. The molecule has 0 saturated carbocycles. The van der Waals surface area contributed by atoms with E-state index in [-0.39, 0.29) is 12.3 Å². The number of primary amides is 1. The molecule has 4 nitrogen and oxygen atoms in total. The average Bonchev–Trinajstić information content (AvgIpc) is 2.84.